The number of para-hydroxylation sites is 2. The molecule has 0 aliphatic carbocycles. The number of nitrogens with one attached hydrogen (secondary N) is 4. The Bertz CT molecular complexity index is 2060. The zero-order chi connectivity index (χ0) is 37.9. The molecule has 2 heterocycles. The van der Waals surface area contributed by atoms with E-state index >= 15 is 0 Å². The lowest BCUT2D eigenvalue weighted by atomic mass is 9.90. The second-order valence-corrected chi connectivity index (χ2v) is 14.7. The van der Waals surface area contributed by atoms with Crippen LogP contribution in [-0.4, -0.2) is 80.9 Å². The quantitative estimate of drug-likeness (QED) is 0.0887. The van der Waals surface area contributed by atoms with E-state index in [0.29, 0.717) is 23.1 Å². The minimum atomic E-state index is -1.55. The fourth-order valence-electron chi connectivity index (χ4n) is 6.64. The number of carbonyl (C=O) groups is 3. The van der Waals surface area contributed by atoms with E-state index in [0.717, 1.165) is 23.3 Å². The van der Waals surface area contributed by atoms with Crippen LogP contribution in [0.2, 0.25) is 0 Å². The second-order valence-electron chi connectivity index (χ2n) is 13.3. The molecule has 4 aromatic carbocycles. The van der Waals surface area contributed by atoms with Gasteiger partial charge in [-0.05, 0) is 66.8 Å². The van der Waals surface area contributed by atoms with Gasteiger partial charge < -0.3 is 35.9 Å². The summed E-state index contributed by atoms with van der Waals surface area (Å²) in [5, 5.41) is 32.6. The van der Waals surface area contributed by atoms with Crippen LogP contribution < -0.4 is 26.1 Å². The first-order valence-electron chi connectivity index (χ1n) is 18.0. The first-order valence-corrected chi connectivity index (χ1v) is 19.1. The van der Waals surface area contributed by atoms with Gasteiger partial charge in [0.15, 0.2) is 12.0 Å². The van der Waals surface area contributed by atoms with Crippen molar-refractivity contribution in [2.24, 2.45) is 0 Å². The summed E-state index contributed by atoms with van der Waals surface area (Å²) < 4.78 is 5.64. The van der Waals surface area contributed by atoms with Crippen LogP contribution in [0.4, 0.5) is 0 Å². The van der Waals surface area contributed by atoms with Crippen LogP contribution in [-0.2, 0) is 22.4 Å². The van der Waals surface area contributed by atoms with Gasteiger partial charge in [-0.25, -0.2) is 0 Å². The number of benzene rings is 4. The van der Waals surface area contributed by atoms with E-state index in [1.165, 1.54) is 6.07 Å². The van der Waals surface area contributed by atoms with Crippen LogP contribution in [0, 0.1) is 0 Å². The molecule has 54 heavy (non-hydrogen) atoms. The molecule has 1 aliphatic heterocycles. The molecule has 6 N–H and O–H groups in total. The third-order valence-corrected chi connectivity index (χ3v) is 10.9. The average Bonchev–Trinajstić information content (AvgIpc) is 3.74. The number of amides is 3. The maximum absolute atomic E-state index is 14.3. The van der Waals surface area contributed by atoms with Crippen molar-refractivity contribution in [3.63, 3.8) is 0 Å². The number of aliphatic hydroxyl groups excluding tert-OH is 2. The SMILES string of the molecule is O=C(COc1ccccc1)N[C@@H](Cc1ccccc1)[C@H](O)[C@@H](O)[C@H](Cc1ccccc1)NC(=O)[C@@H](NC(=O)c1cc(=O)c2ccccc2[nH]1)C1CCCS1. The van der Waals surface area contributed by atoms with E-state index < -0.39 is 48.1 Å². The van der Waals surface area contributed by atoms with Gasteiger partial charge in [0, 0.05) is 22.2 Å². The van der Waals surface area contributed by atoms with Gasteiger partial charge in [0.1, 0.15) is 29.7 Å². The fourth-order valence-corrected chi connectivity index (χ4v) is 8.00. The highest BCUT2D eigenvalue weighted by Gasteiger charge is 2.38. The van der Waals surface area contributed by atoms with Gasteiger partial charge in [-0.3, -0.25) is 19.2 Å². The number of carbonyl (C=O) groups excluding carboxylic acids is 3. The zero-order valence-corrected chi connectivity index (χ0v) is 30.4. The minimum Gasteiger partial charge on any atom is -0.484 e. The van der Waals surface area contributed by atoms with Crippen molar-refractivity contribution in [2.75, 3.05) is 12.4 Å². The molecule has 1 unspecified atom stereocenters. The number of thioether (sulfide) groups is 1. The predicted molar refractivity (Wildman–Crippen MR) is 209 cm³/mol. The number of fused-ring (bicyclic) bond motifs is 1. The predicted octanol–water partition coefficient (Wildman–Crippen LogP) is 3.78. The Morgan fingerprint density at radius 3 is 1.94 bits per heavy atom. The van der Waals surface area contributed by atoms with Gasteiger partial charge in [0.2, 0.25) is 5.91 Å². The number of aromatic amines is 1. The van der Waals surface area contributed by atoms with Crippen LogP contribution in [0.5, 0.6) is 5.75 Å². The molecule has 11 nitrogen and oxygen atoms in total. The number of H-pyrrole nitrogens is 1. The van der Waals surface area contributed by atoms with E-state index in [1.54, 1.807) is 60.3 Å². The van der Waals surface area contributed by atoms with Crippen molar-refractivity contribution < 1.29 is 29.3 Å². The van der Waals surface area contributed by atoms with Gasteiger partial charge in [-0.1, -0.05) is 91.0 Å². The Hall–Kier alpha value is -5.43. The molecule has 6 atom stereocenters. The van der Waals surface area contributed by atoms with Gasteiger partial charge in [-0.15, -0.1) is 0 Å². The zero-order valence-electron chi connectivity index (χ0n) is 29.6. The lowest BCUT2D eigenvalue weighted by Gasteiger charge is -2.34. The lowest BCUT2D eigenvalue weighted by molar-refractivity contribution is -0.128. The number of hydrogen-bond acceptors (Lipinski definition) is 8. The van der Waals surface area contributed by atoms with E-state index in [4.69, 9.17) is 4.74 Å². The number of hydrogen-bond donors (Lipinski definition) is 6. The third-order valence-electron chi connectivity index (χ3n) is 9.45. The Balaban J connectivity index is 1.23. The van der Waals surface area contributed by atoms with E-state index in [9.17, 15) is 29.4 Å². The maximum Gasteiger partial charge on any atom is 0.268 e. The van der Waals surface area contributed by atoms with Crippen molar-refractivity contribution in [3.8, 4) is 5.75 Å². The van der Waals surface area contributed by atoms with Crippen LogP contribution in [0.1, 0.15) is 34.5 Å². The molecule has 6 rings (SSSR count). The van der Waals surface area contributed by atoms with Crippen molar-refractivity contribution in [1.29, 1.82) is 0 Å². The molecule has 3 amide bonds. The van der Waals surface area contributed by atoms with Crippen molar-refractivity contribution >= 4 is 40.4 Å². The topological polar surface area (TPSA) is 170 Å². The van der Waals surface area contributed by atoms with Crippen molar-refractivity contribution in [3.05, 3.63) is 148 Å². The highest BCUT2D eigenvalue weighted by atomic mass is 32.2. The summed E-state index contributed by atoms with van der Waals surface area (Å²) >= 11 is 1.56. The van der Waals surface area contributed by atoms with Gasteiger partial charge in [0.05, 0.1) is 12.1 Å². The highest BCUT2D eigenvalue weighted by Crippen LogP contribution is 2.29. The summed E-state index contributed by atoms with van der Waals surface area (Å²) in [6, 6.07) is 32.4. The molecule has 280 valence electrons. The van der Waals surface area contributed by atoms with Gasteiger partial charge >= 0.3 is 0 Å². The first-order chi connectivity index (χ1) is 26.2. The minimum absolute atomic E-state index is 0.0199. The molecule has 5 aromatic rings. The molecule has 0 spiro atoms. The molecule has 12 heteroatoms. The average molecular weight is 749 g/mol. The van der Waals surface area contributed by atoms with E-state index in [1.807, 2.05) is 66.7 Å². The Labute approximate surface area is 317 Å². The molecule has 1 fully saturated rings. The normalized spacial score (nSPS) is 16.7. The van der Waals surface area contributed by atoms with Crippen LogP contribution >= 0.6 is 11.8 Å². The highest BCUT2D eigenvalue weighted by molar-refractivity contribution is 8.00. The standard InChI is InChI=1S/C42H44N4O7S/c47-35-25-34(43-31-20-11-10-19-30(31)35)41(51)46-38(36-21-12-22-54-36)42(52)45-33(24-28-15-6-2-7-16-28)40(50)39(49)32(23-27-13-4-1-5-14-27)44-37(48)26-53-29-17-8-3-9-18-29/h1-11,13-20,25,32-33,36,38-40,49-50H,12,21-24,26H2,(H,43,47)(H,44,48)(H,45,52)(H,46,51)/t32-,33-,36?,38-,39-,40-/m0/s1. The Morgan fingerprint density at radius 1 is 0.759 bits per heavy atom. The number of pyridine rings is 1. The largest absolute Gasteiger partial charge is 0.484 e. The summed E-state index contributed by atoms with van der Waals surface area (Å²) in [4.78, 5) is 56.9. The van der Waals surface area contributed by atoms with E-state index in [-0.39, 0.29) is 35.8 Å². The molecular formula is C42H44N4O7S. The summed E-state index contributed by atoms with van der Waals surface area (Å²) in [7, 11) is 0. The van der Waals surface area contributed by atoms with Crippen molar-refractivity contribution in [2.45, 2.75) is 61.3 Å². The number of rotatable bonds is 16. The van der Waals surface area contributed by atoms with Gasteiger partial charge in [-0.2, -0.15) is 11.8 Å². The number of aliphatic hydroxyl groups is 2. The van der Waals surface area contributed by atoms with Crippen molar-refractivity contribution in [1.82, 2.24) is 20.9 Å². The molecule has 0 radical (unpaired) electrons. The maximum atomic E-state index is 14.3. The molecule has 1 aliphatic rings. The monoisotopic (exact) mass is 748 g/mol. The molecule has 1 saturated heterocycles. The summed E-state index contributed by atoms with van der Waals surface area (Å²) in [5.74, 6) is -0.345. The van der Waals surface area contributed by atoms with Crippen LogP contribution in [0.3, 0.4) is 0 Å². The Morgan fingerprint density at radius 2 is 1.33 bits per heavy atom. The first kappa shape index (κ1) is 38.3. The molecule has 1 aromatic heterocycles. The Kier molecular flexibility index (Phi) is 13.2. The second kappa shape index (κ2) is 18.6. The van der Waals surface area contributed by atoms with E-state index in [2.05, 4.69) is 20.9 Å². The molecule has 0 bridgehead atoms. The summed E-state index contributed by atoms with van der Waals surface area (Å²) in [5.41, 5.74) is 1.80. The summed E-state index contributed by atoms with van der Waals surface area (Å²) in [6.45, 7) is -0.314. The smallest absolute Gasteiger partial charge is 0.268 e. The number of aromatic nitrogens is 1. The lowest BCUT2D eigenvalue weighted by Crippen LogP contribution is -2.60. The molecular weight excluding hydrogens is 705 g/mol. The van der Waals surface area contributed by atoms with Gasteiger partial charge in [0.25, 0.3) is 11.8 Å². The molecule has 0 saturated carbocycles. The van der Waals surface area contributed by atoms with Crippen LogP contribution in [0.25, 0.3) is 10.9 Å². The summed E-state index contributed by atoms with van der Waals surface area (Å²) in [6.07, 6.45) is -1.24. The fraction of sp³-hybridized carbons (Fsp3) is 0.286. The van der Waals surface area contributed by atoms with Crippen LogP contribution in [0.15, 0.2) is 126 Å². The third kappa shape index (κ3) is 10.2. The number of ether oxygens (including phenoxy) is 1.